The topological polar surface area (TPSA) is 69.6 Å². The highest BCUT2D eigenvalue weighted by molar-refractivity contribution is 5.23. The second-order valence-corrected chi connectivity index (χ2v) is 8.21. The number of fused-ring (bicyclic) bond motifs is 1. The molecule has 0 spiro atoms. The highest BCUT2D eigenvalue weighted by atomic mass is 16.5. The van der Waals surface area contributed by atoms with Gasteiger partial charge in [-0.05, 0) is 47.8 Å². The molecule has 0 radical (unpaired) electrons. The third kappa shape index (κ3) is 4.37. The zero-order chi connectivity index (χ0) is 18.6. The fourth-order valence-corrected chi connectivity index (χ4v) is 4.37. The number of nitrogens with zero attached hydrogens (tertiary/aromatic N) is 2. The van der Waals surface area contributed by atoms with Gasteiger partial charge in [0.1, 0.15) is 5.76 Å². The number of allylic oxidation sites excluding steroid dienone is 1. The van der Waals surface area contributed by atoms with E-state index in [0.717, 1.165) is 18.1 Å². The van der Waals surface area contributed by atoms with Crippen molar-refractivity contribution in [2.75, 3.05) is 26.3 Å². The van der Waals surface area contributed by atoms with Gasteiger partial charge in [-0.25, -0.2) is 0 Å². The van der Waals surface area contributed by atoms with Crippen molar-refractivity contribution >= 4 is 0 Å². The number of aliphatic hydroxyl groups is 1. The van der Waals surface area contributed by atoms with E-state index in [2.05, 4.69) is 26.0 Å². The lowest BCUT2D eigenvalue weighted by Gasteiger charge is -2.56. The molecule has 26 heavy (non-hydrogen) atoms. The predicted molar refractivity (Wildman–Crippen MR) is 99.1 cm³/mol. The van der Waals surface area contributed by atoms with Crippen molar-refractivity contribution in [2.45, 2.75) is 45.8 Å². The maximum absolute atomic E-state index is 10.4. The molecule has 0 aliphatic heterocycles. The highest BCUT2D eigenvalue weighted by Crippen LogP contribution is 2.59. The molecular formula is C21H30N2O3. The summed E-state index contributed by atoms with van der Waals surface area (Å²) in [6, 6.07) is 5.92. The Morgan fingerprint density at radius 1 is 1.50 bits per heavy atom. The van der Waals surface area contributed by atoms with E-state index in [1.807, 2.05) is 17.0 Å². The quantitative estimate of drug-likeness (QED) is 0.650. The zero-order valence-corrected chi connectivity index (χ0v) is 15.9. The van der Waals surface area contributed by atoms with Gasteiger partial charge in [0.25, 0.3) is 0 Å². The Hall–Kier alpha value is -1.61. The highest BCUT2D eigenvalue weighted by Gasteiger charge is 2.50. The standard InChI is InChI=1S/C21H30N2O3/c1-21(2)17-7-6-16(20(21)11-17)14-25-15-18(24)12-23(9-4-8-22)13-19-5-3-10-26-19/h3,5-6,10,17-18,20,24H,4,7,9,11-15H2,1-2H3. The Kier molecular flexibility index (Phi) is 6.18. The maximum Gasteiger partial charge on any atom is 0.117 e. The van der Waals surface area contributed by atoms with Crippen LogP contribution in [0.1, 0.15) is 38.9 Å². The summed E-state index contributed by atoms with van der Waals surface area (Å²) in [5.41, 5.74) is 1.81. The molecule has 1 aromatic rings. The maximum atomic E-state index is 10.4. The number of furan rings is 1. The third-order valence-corrected chi connectivity index (χ3v) is 6.13. The first-order valence-corrected chi connectivity index (χ1v) is 9.57. The Morgan fingerprint density at radius 2 is 2.35 bits per heavy atom. The minimum Gasteiger partial charge on any atom is -0.468 e. The van der Waals surface area contributed by atoms with Crippen molar-refractivity contribution in [1.82, 2.24) is 4.90 Å². The first-order chi connectivity index (χ1) is 12.5. The third-order valence-electron chi connectivity index (χ3n) is 6.13. The second kappa shape index (κ2) is 8.39. The van der Waals surface area contributed by atoms with Gasteiger partial charge in [0.2, 0.25) is 0 Å². The van der Waals surface area contributed by atoms with Crippen LogP contribution in [0.4, 0.5) is 0 Å². The molecule has 0 amide bonds. The van der Waals surface area contributed by atoms with E-state index < -0.39 is 6.10 Å². The molecule has 3 aliphatic carbocycles. The van der Waals surface area contributed by atoms with Crippen molar-refractivity contribution < 1.29 is 14.3 Å². The summed E-state index contributed by atoms with van der Waals surface area (Å²) in [6.45, 7) is 7.32. The smallest absolute Gasteiger partial charge is 0.117 e. The van der Waals surface area contributed by atoms with E-state index in [-0.39, 0.29) is 0 Å². The molecule has 3 aliphatic rings. The fraction of sp³-hybridized carbons (Fsp3) is 0.667. The average molecular weight is 358 g/mol. The number of hydrogen-bond acceptors (Lipinski definition) is 5. The summed E-state index contributed by atoms with van der Waals surface area (Å²) < 4.78 is 11.2. The van der Waals surface area contributed by atoms with Crippen molar-refractivity contribution in [2.24, 2.45) is 17.3 Å². The molecule has 5 nitrogen and oxygen atoms in total. The molecule has 0 aromatic carbocycles. The molecule has 1 heterocycles. The molecule has 1 saturated carbocycles. The van der Waals surface area contributed by atoms with Crippen LogP contribution in [0.15, 0.2) is 34.5 Å². The average Bonchev–Trinajstić information content (AvgIpc) is 3.12. The number of ether oxygens (including phenoxy) is 1. The number of aliphatic hydroxyl groups excluding tert-OH is 1. The molecule has 0 saturated heterocycles. The molecule has 1 fully saturated rings. The lowest BCUT2D eigenvalue weighted by molar-refractivity contribution is -0.0265. The molecule has 5 heteroatoms. The first kappa shape index (κ1) is 19.2. The van der Waals surface area contributed by atoms with E-state index in [4.69, 9.17) is 14.4 Å². The van der Waals surface area contributed by atoms with Crippen molar-refractivity contribution in [3.05, 3.63) is 35.8 Å². The van der Waals surface area contributed by atoms with E-state index in [9.17, 15) is 5.11 Å². The zero-order valence-electron chi connectivity index (χ0n) is 15.9. The normalized spacial score (nSPS) is 24.7. The molecule has 4 rings (SSSR count). The van der Waals surface area contributed by atoms with Gasteiger partial charge in [0.15, 0.2) is 0 Å². The van der Waals surface area contributed by atoms with Crippen LogP contribution < -0.4 is 0 Å². The van der Waals surface area contributed by atoms with Crippen LogP contribution in [-0.2, 0) is 11.3 Å². The number of rotatable bonds is 10. The van der Waals surface area contributed by atoms with Gasteiger partial charge >= 0.3 is 0 Å². The van der Waals surface area contributed by atoms with Crippen LogP contribution in [0.3, 0.4) is 0 Å². The SMILES string of the molecule is CC1(C)C2CC=C(COCC(O)CN(CCC#N)Cc3ccco3)C1C2. The van der Waals surface area contributed by atoms with Crippen LogP contribution >= 0.6 is 0 Å². The van der Waals surface area contributed by atoms with Gasteiger partial charge < -0.3 is 14.3 Å². The molecule has 1 N–H and O–H groups in total. The monoisotopic (exact) mass is 358 g/mol. The Labute approximate surface area is 156 Å². The summed E-state index contributed by atoms with van der Waals surface area (Å²) in [5, 5.41) is 19.2. The molecular weight excluding hydrogens is 328 g/mol. The van der Waals surface area contributed by atoms with Crippen molar-refractivity contribution in [3.8, 4) is 6.07 Å². The van der Waals surface area contributed by atoms with Crippen LogP contribution in [-0.4, -0.2) is 42.4 Å². The van der Waals surface area contributed by atoms with Gasteiger partial charge in [0, 0.05) is 19.5 Å². The summed E-state index contributed by atoms with van der Waals surface area (Å²) >= 11 is 0. The summed E-state index contributed by atoms with van der Waals surface area (Å²) in [4.78, 5) is 2.04. The van der Waals surface area contributed by atoms with E-state index in [1.165, 1.54) is 12.0 Å². The van der Waals surface area contributed by atoms with Crippen molar-refractivity contribution in [3.63, 3.8) is 0 Å². The Bertz CT molecular complexity index is 645. The van der Waals surface area contributed by atoms with Crippen LogP contribution in [0.5, 0.6) is 0 Å². The minimum atomic E-state index is -0.574. The second-order valence-electron chi connectivity index (χ2n) is 8.21. The predicted octanol–water partition coefficient (Wildman–Crippen LogP) is 3.37. The summed E-state index contributed by atoms with van der Waals surface area (Å²) in [7, 11) is 0. The van der Waals surface area contributed by atoms with Gasteiger partial charge in [-0.1, -0.05) is 19.9 Å². The largest absolute Gasteiger partial charge is 0.468 e. The van der Waals surface area contributed by atoms with Crippen LogP contribution in [0.25, 0.3) is 0 Å². The summed E-state index contributed by atoms with van der Waals surface area (Å²) in [5.74, 6) is 2.31. The lowest BCUT2D eigenvalue weighted by Crippen LogP contribution is -2.48. The van der Waals surface area contributed by atoms with Gasteiger partial charge in [-0.2, -0.15) is 5.26 Å². The Morgan fingerprint density at radius 3 is 3.00 bits per heavy atom. The molecule has 1 aromatic heterocycles. The minimum absolute atomic E-state index is 0.315. The van der Waals surface area contributed by atoms with Crippen molar-refractivity contribution in [1.29, 1.82) is 5.26 Å². The van der Waals surface area contributed by atoms with E-state index in [1.54, 1.807) is 6.26 Å². The lowest BCUT2D eigenvalue weighted by atomic mass is 9.49. The van der Waals surface area contributed by atoms with Gasteiger partial charge in [-0.15, -0.1) is 0 Å². The molecule has 2 bridgehead atoms. The van der Waals surface area contributed by atoms with Crippen LogP contribution in [0.2, 0.25) is 0 Å². The first-order valence-electron chi connectivity index (χ1n) is 9.57. The molecule has 3 atom stereocenters. The molecule has 142 valence electrons. The number of nitriles is 1. The Balaban J connectivity index is 1.42. The van der Waals surface area contributed by atoms with E-state index >= 15 is 0 Å². The fourth-order valence-electron chi connectivity index (χ4n) is 4.37. The summed E-state index contributed by atoms with van der Waals surface area (Å²) in [6.07, 6.45) is 6.29. The molecule has 3 unspecified atom stereocenters. The van der Waals surface area contributed by atoms with E-state index in [0.29, 0.717) is 50.6 Å². The van der Waals surface area contributed by atoms with Gasteiger partial charge in [-0.3, -0.25) is 4.90 Å². The number of hydrogen-bond donors (Lipinski definition) is 1. The van der Waals surface area contributed by atoms with Crippen LogP contribution in [0, 0.1) is 28.6 Å². The van der Waals surface area contributed by atoms with Gasteiger partial charge in [0.05, 0.1) is 38.2 Å².